The maximum absolute atomic E-state index is 13.8. The van der Waals surface area contributed by atoms with Crippen molar-refractivity contribution in [3.63, 3.8) is 0 Å². The summed E-state index contributed by atoms with van der Waals surface area (Å²) in [4.78, 5) is 45.0. The minimum atomic E-state index is -0.576. The van der Waals surface area contributed by atoms with E-state index >= 15 is 0 Å². The number of nitrogens with zero attached hydrogens (tertiary/aromatic N) is 5. The van der Waals surface area contributed by atoms with Crippen molar-refractivity contribution in [2.75, 3.05) is 6.54 Å². The summed E-state index contributed by atoms with van der Waals surface area (Å²) in [7, 11) is 0. The van der Waals surface area contributed by atoms with Crippen LogP contribution in [0.2, 0.25) is 0 Å². The molecule has 0 aromatic carbocycles. The number of hydrogen-bond acceptors (Lipinski definition) is 6. The van der Waals surface area contributed by atoms with E-state index in [9.17, 15) is 14.4 Å². The zero-order chi connectivity index (χ0) is 30.2. The van der Waals surface area contributed by atoms with Gasteiger partial charge in [0, 0.05) is 37.2 Å². The molecule has 0 radical (unpaired) electrons. The molecule has 1 N–H and O–H groups in total. The first-order valence-corrected chi connectivity index (χ1v) is 15.3. The Morgan fingerprint density at radius 1 is 1.07 bits per heavy atom. The van der Waals surface area contributed by atoms with Crippen LogP contribution in [-0.4, -0.2) is 66.1 Å². The van der Waals surface area contributed by atoms with Crippen LogP contribution in [0.4, 0.5) is 4.79 Å². The summed E-state index contributed by atoms with van der Waals surface area (Å²) in [5.41, 5.74) is 5.02. The summed E-state index contributed by atoms with van der Waals surface area (Å²) in [5, 5.41) is 9.00. The number of hydrogen-bond donors (Lipinski definition) is 1. The van der Waals surface area contributed by atoms with Crippen molar-refractivity contribution >= 4 is 34.3 Å². The molecule has 3 fully saturated rings. The molecule has 2 amide bonds. The Morgan fingerprint density at radius 3 is 2.58 bits per heavy atom. The van der Waals surface area contributed by atoms with Crippen molar-refractivity contribution in [1.29, 1.82) is 0 Å². The summed E-state index contributed by atoms with van der Waals surface area (Å²) < 4.78 is 9.49. The van der Waals surface area contributed by atoms with E-state index in [2.05, 4.69) is 22.9 Å². The molecule has 7 rings (SSSR count). The van der Waals surface area contributed by atoms with Crippen LogP contribution >= 0.6 is 0 Å². The summed E-state index contributed by atoms with van der Waals surface area (Å²) in [5.74, 6) is 0.711. The van der Waals surface area contributed by atoms with Crippen molar-refractivity contribution in [3.8, 4) is 11.4 Å². The van der Waals surface area contributed by atoms with Gasteiger partial charge in [-0.15, -0.1) is 0 Å². The molecule has 1 saturated heterocycles. The summed E-state index contributed by atoms with van der Waals surface area (Å²) >= 11 is 0. The molecule has 2 aliphatic carbocycles. The van der Waals surface area contributed by atoms with E-state index in [1.807, 2.05) is 50.1 Å². The largest absolute Gasteiger partial charge is 0.444 e. The lowest BCUT2D eigenvalue weighted by Crippen LogP contribution is -2.46. The Kier molecular flexibility index (Phi) is 6.37. The number of piperidine rings is 1. The monoisotopic (exact) mass is 582 g/mol. The van der Waals surface area contributed by atoms with Crippen LogP contribution in [0.25, 0.3) is 27.9 Å². The quantitative estimate of drug-likeness (QED) is 0.305. The first-order chi connectivity index (χ1) is 20.5. The number of ketones is 1. The number of carbonyl (C=O) groups excluding carboxylic acids is 3. The number of ether oxygens (including phenoxy) is 1. The first kappa shape index (κ1) is 27.6. The van der Waals surface area contributed by atoms with Gasteiger partial charge in [-0.2, -0.15) is 5.10 Å². The lowest BCUT2D eigenvalue weighted by molar-refractivity contribution is 0.0485. The minimum Gasteiger partial charge on any atom is -0.444 e. The number of alkyl carbamates (subject to hydrolysis) is 1. The van der Waals surface area contributed by atoms with Crippen LogP contribution in [-0.2, 0) is 11.3 Å². The topological polar surface area (TPSA) is 111 Å². The van der Waals surface area contributed by atoms with Gasteiger partial charge in [-0.1, -0.05) is 0 Å². The fourth-order valence-electron chi connectivity index (χ4n) is 6.86. The molecular weight excluding hydrogens is 544 g/mol. The maximum atomic E-state index is 13.8. The standard InChI is InChI=1S/C33H38N6O4/c1-18-25-12-10-23(31(41)38-16-22-9-13-26(38)29(22)35-32(42)43-33(3,4)5)17-39(25)36-28(18)27-14-21-8-11-24(19(2)40)34-30(21)37(27)15-20-6-7-20/h8,10-12,14,17,20,22,26,29H,6-7,9,13,15-16H2,1-5H3,(H,35,42)/t22?,26?,29-/m1/s1. The molecule has 2 unspecified atom stereocenters. The molecule has 10 nitrogen and oxygen atoms in total. The molecule has 4 aromatic rings. The van der Waals surface area contributed by atoms with Gasteiger partial charge in [0.1, 0.15) is 22.6 Å². The molecule has 3 atom stereocenters. The van der Waals surface area contributed by atoms with E-state index in [-0.39, 0.29) is 29.7 Å². The number of fused-ring (bicyclic) bond motifs is 4. The number of carbonyl (C=O) groups is 3. The molecule has 1 aliphatic heterocycles. The molecule has 2 bridgehead atoms. The number of pyridine rings is 2. The highest BCUT2D eigenvalue weighted by Gasteiger charge is 2.49. The average molecular weight is 583 g/mol. The van der Waals surface area contributed by atoms with Crippen molar-refractivity contribution in [1.82, 2.24) is 29.4 Å². The predicted octanol–water partition coefficient (Wildman–Crippen LogP) is 5.40. The third-order valence-corrected chi connectivity index (χ3v) is 9.14. The van der Waals surface area contributed by atoms with Crippen LogP contribution in [0.5, 0.6) is 0 Å². The number of aryl methyl sites for hydroxylation is 1. The number of aromatic nitrogens is 4. The Labute approximate surface area is 250 Å². The molecule has 2 saturated carbocycles. The highest BCUT2D eigenvalue weighted by atomic mass is 16.6. The lowest BCUT2D eigenvalue weighted by atomic mass is 10.1. The van der Waals surface area contributed by atoms with Crippen LogP contribution in [0.1, 0.15) is 79.8 Å². The normalized spacial score (nSPS) is 21.6. The van der Waals surface area contributed by atoms with Crippen molar-refractivity contribution in [2.24, 2.45) is 11.8 Å². The number of likely N-dealkylation sites (tertiary alicyclic amines) is 1. The molecule has 0 spiro atoms. The van der Waals surface area contributed by atoms with Gasteiger partial charge in [-0.05, 0) is 95.5 Å². The van der Waals surface area contributed by atoms with Crippen LogP contribution in [0.15, 0.2) is 36.5 Å². The number of rotatable bonds is 6. The van der Waals surface area contributed by atoms with Crippen molar-refractivity contribution < 1.29 is 19.1 Å². The molecule has 5 heterocycles. The van der Waals surface area contributed by atoms with E-state index in [4.69, 9.17) is 14.8 Å². The van der Waals surface area contributed by atoms with E-state index in [1.165, 1.54) is 12.8 Å². The molecule has 224 valence electrons. The van der Waals surface area contributed by atoms with Gasteiger partial charge in [0.05, 0.1) is 28.9 Å². The van der Waals surface area contributed by atoms with Crippen molar-refractivity contribution in [2.45, 2.75) is 84.5 Å². The second-order valence-corrected chi connectivity index (χ2v) is 13.5. The highest BCUT2D eigenvalue weighted by molar-refractivity contribution is 5.96. The van der Waals surface area contributed by atoms with Crippen LogP contribution in [0, 0.1) is 18.8 Å². The minimum absolute atomic E-state index is 0.0522. The first-order valence-electron chi connectivity index (χ1n) is 15.3. The Balaban J connectivity index is 1.19. The Hall–Kier alpha value is -4.21. The summed E-state index contributed by atoms with van der Waals surface area (Å²) in [6.45, 7) is 10.6. The molecule has 43 heavy (non-hydrogen) atoms. The smallest absolute Gasteiger partial charge is 0.407 e. The zero-order valence-corrected chi connectivity index (χ0v) is 25.4. The molecule has 4 aromatic heterocycles. The number of nitrogens with one attached hydrogen (secondary N) is 1. The van der Waals surface area contributed by atoms with E-state index in [0.717, 1.165) is 52.9 Å². The van der Waals surface area contributed by atoms with Gasteiger partial charge in [-0.3, -0.25) is 9.59 Å². The Bertz CT molecular complexity index is 1790. The number of amides is 2. The Morgan fingerprint density at radius 2 is 1.86 bits per heavy atom. The van der Waals surface area contributed by atoms with Gasteiger partial charge in [0.15, 0.2) is 5.78 Å². The zero-order valence-electron chi connectivity index (χ0n) is 25.4. The SMILES string of the molecule is CC(=O)c1ccc2cc(-c3nn4cc(C(=O)N5CC6CCC5[C@@H]6NC(=O)OC(C)(C)C)ccc4c3C)n(CC3CC3)c2n1. The highest BCUT2D eigenvalue weighted by Crippen LogP contribution is 2.40. The third kappa shape index (κ3) is 4.96. The maximum Gasteiger partial charge on any atom is 0.407 e. The predicted molar refractivity (Wildman–Crippen MR) is 162 cm³/mol. The average Bonchev–Trinajstić information content (AvgIpc) is 3.31. The van der Waals surface area contributed by atoms with Crippen molar-refractivity contribution in [3.05, 3.63) is 53.3 Å². The fourth-order valence-corrected chi connectivity index (χ4v) is 6.86. The van der Waals surface area contributed by atoms with E-state index in [1.54, 1.807) is 17.5 Å². The van der Waals surface area contributed by atoms with E-state index < -0.39 is 11.7 Å². The summed E-state index contributed by atoms with van der Waals surface area (Å²) in [6.07, 6.45) is 5.59. The molecule has 10 heteroatoms. The fraction of sp³-hybridized carbons (Fsp3) is 0.485. The second kappa shape index (κ2) is 9.92. The van der Waals surface area contributed by atoms with E-state index in [0.29, 0.717) is 23.7 Å². The van der Waals surface area contributed by atoms with Gasteiger partial charge in [0.25, 0.3) is 5.91 Å². The third-order valence-electron chi connectivity index (χ3n) is 9.14. The van der Waals surface area contributed by atoms with Gasteiger partial charge in [0.2, 0.25) is 0 Å². The van der Waals surface area contributed by atoms with Gasteiger partial charge >= 0.3 is 6.09 Å². The second-order valence-electron chi connectivity index (χ2n) is 13.5. The lowest BCUT2D eigenvalue weighted by Gasteiger charge is -2.28. The molecule has 3 aliphatic rings. The number of Topliss-reactive ketones (excluding diaryl/α,β-unsaturated/α-hetero) is 1. The van der Waals surface area contributed by atoms with Gasteiger partial charge < -0.3 is 19.5 Å². The molecular formula is C33H38N6O4. The van der Waals surface area contributed by atoms with Gasteiger partial charge in [-0.25, -0.2) is 14.3 Å². The van der Waals surface area contributed by atoms with Crippen LogP contribution in [0.3, 0.4) is 0 Å². The van der Waals surface area contributed by atoms with Crippen LogP contribution < -0.4 is 5.32 Å². The summed E-state index contributed by atoms with van der Waals surface area (Å²) in [6, 6.07) is 9.52.